The number of rotatable bonds is 5. The van der Waals surface area contributed by atoms with Gasteiger partial charge in [0.25, 0.3) is 0 Å². The van der Waals surface area contributed by atoms with E-state index in [1.54, 1.807) is 7.11 Å². The minimum atomic E-state index is -0.157. The maximum Gasteiger partial charge on any atom is 0.118 e. The highest BCUT2D eigenvalue weighted by molar-refractivity contribution is 5.30. The number of aliphatic hydroxyl groups is 1. The standard InChI is InChI=1S/C17H27NO2/c1-18(2)12-16(15-6-4-5-7-17(15)19)13-8-10-14(20-3)11-9-13/h8-11,15-17,19H,4-7,12H2,1-3H3/t15-,16?,17+/m1/s1. The van der Waals surface area contributed by atoms with Gasteiger partial charge in [-0.1, -0.05) is 25.0 Å². The van der Waals surface area contributed by atoms with E-state index in [0.717, 1.165) is 31.6 Å². The molecule has 1 saturated carbocycles. The third kappa shape index (κ3) is 3.74. The molecule has 112 valence electrons. The molecule has 1 aromatic carbocycles. The third-order valence-corrected chi connectivity index (χ3v) is 4.40. The Kier molecular flexibility index (Phi) is 5.44. The SMILES string of the molecule is COc1ccc(C(CN(C)C)[C@H]2CCCC[C@@H]2O)cc1. The van der Waals surface area contributed by atoms with Crippen molar-refractivity contribution in [3.63, 3.8) is 0 Å². The second-order valence-corrected chi connectivity index (χ2v) is 6.16. The molecule has 2 rings (SSSR count). The lowest BCUT2D eigenvalue weighted by Crippen LogP contribution is -2.35. The smallest absolute Gasteiger partial charge is 0.118 e. The first-order chi connectivity index (χ1) is 9.61. The van der Waals surface area contributed by atoms with Crippen LogP contribution in [0.5, 0.6) is 5.75 Å². The van der Waals surface area contributed by atoms with E-state index in [1.165, 1.54) is 12.0 Å². The zero-order valence-corrected chi connectivity index (χ0v) is 12.9. The Hall–Kier alpha value is -1.06. The molecule has 1 aliphatic carbocycles. The van der Waals surface area contributed by atoms with Crippen LogP contribution in [0.15, 0.2) is 24.3 Å². The molecular formula is C17H27NO2. The van der Waals surface area contributed by atoms with Crippen molar-refractivity contribution in [1.29, 1.82) is 0 Å². The number of hydrogen-bond acceptors (Lipinski definition) is 3. The summed E-state index contributed by atoms with van der Waals surface area (Å²) in [4.78, 5) is 2.22. The first-order valence-electron chi connectivity index (χ1n) is 7.58. The van der Waals surface area contributed by atoms with Gasteiger partial charge in [0.2, 0.25) is 0 Å². The number of aliphatic hydroxyl groups excluding tert-OH is 1. The number of ether oxygens (including phenoxy) is 1. The Labute approximate surface area is 122 Å². The molecule has 1 aliphatic rings. The van der Waals surface area contributed by atoms with Crippen molar-refractivity contribution >= 4 is 0 Å². The van der Waals surface area contributed by atoms with Crippen LogP contribution in [0.1, 0.15) is 37.2 Å². The summed E-state index contributed by atoms with van der Waals surface area (Å²) in [7, 11) is 5.90. The molecule has 0 saturated heterocycles. The first-order valence-corrected chi connectivity index (χ1v) is 7.58. The lowest BCUT2D eigenvalue weighted by atomic mass is 9.75. The van der Waals surface area contributed by atoms with Crippen LogP contribution in [-0.2, 0) is 0 Å². The fourth-order valence-corrected chi connectivity index (χ4v) is 3.34. The normalized spacial score (nSPS) is 24.6. The van der Waals surface area contributed by atoms with Crippen LogP contribution < -0.4 is 4.74 Å². The van der Waals surface area contributed by atoms with Crippen LogP contribution in [0.4, 0.5) is 0 Å². The second kappa shape index (κ2) is 7.09. The quantitative estimate of drug-likeness (QED) is 0.898. The summed E-state index contributed by atoms with van der Waals surface area (Å²) in [5, 5.41) is 10.4. The number of nitrogens with zero attached hydrogens (tertiary/aromatic N) is 1. The fraction of sp³-hybridized carbons (Fsp3) is 0.647. The predicted octanol–water partition coefficient (Wildman–Crippen LogP) is 2.89. The average molecular weight is 277 g/mol. The van der Waals surface area contributed by atoms with E-state index in [1.807, 2.05) is 12.1 Å². The number of benzene rings is 1. The van der Waals surface area contributed by atoms with Crippen LogP contribution >= 0.6 is 0 Å². The van der Waals surface area contributed by atoms with E-state index < -0.39 is 0 Å². The lowest BCUT2D eigenvalue weighted by molar-refractivity contribution is 0.0494. The van der Waals surface area contributed by atoms with E-state index in [-0.39, 0.29) is 6.10 Å². The molecule has 0 amide bonds. The van der Waals surface area contributed by atoms with Crippen molar-refractivity contribution in [2.24, 2.45) is 5.92 Å². The summed E-state index contributed by atoms with van der Waals surface area (Å²) >= 11 is 0. The molecule has 0 heterocycles. The van der Waals surface area contributed by atoms with Gasteiger partial charge in [-0.2, -0.15) is 0 Å². The maximum atomic E-state index is 10.4. The molecule has 3 atom stereocenters. The van der Waals surface area contributed by atoms with Crippen LogP contribution in [-0.4, -0.2) is 43.9 Å². The van der Waals surface area contributed by atoms with Crippen molar-refractivity contribution in [2.45, 2.75) is 37.7 Å². The molecule has 0 aromatic heterocycles. The highest BCUT2D eigenvalue weighted by Crippen LogP contribution is 2.37. The van der Waals surface area contributed by atoms with Gasteiger partial charge in [-0.05, 0) is 50.6 Å². The Balaban J connectivity index is 2.20. The maximum absolute atomic E-state index is 10.4. The van der Waals surface area contributed by atoms with Crippen LogP contribution in [0.2, 0.25) is 0 Å². The van der Waals surface area contributed by atoms with Crippen LogP contribution in [0.25, 0.3) is 0 Å². The number of likely N-dealkylation sites (N-methyl/N-ethyl adjacent to an activating group) is 1. The number of hydrogen-bond donors (Lipinski definition) is 1. The summed E-state index contributed by atoms with van der Waals surface area (Å²) in [5.41, 5.74) is 1.31. The molecule has 1 aromatic rings. The van der Waals surface area contributed by atoms with Crippen molar-refractivity contribution in [1.82, 2.24) is 4.90 Å². The number of methoxy groups -OCH3 is 1. The topological polar surface area (TPSA) is 32.7 Å². The van der Waals surface area contributed by atoms with Crippen molar-refractivity contribution in [2.75, 3.05) is 27.7 Å². The van der Waals surface area contributed by atoms with Gasteiger partial charge in [0, 0.05) is 12.5 Å². The van der Waals surface area contributed by atoms with E-state index in [4.69, 9.17) is 4.74 Å². The second-order valence-electron chi connectivity index (χ2n) is 6.16. The Morgan fingerprint density at radius 3 is 2.40 bits per heavy atom. The highest BCUT2D eigenvalue weighted by Gasteiger charge is 2.31. The van der Waals surface area contributed by atoms with Crippen molar-refractivity contribution in [3.05, 3.63) is 29.8 Å². The molecule has 0 spiro atoms. The lowest BCUT2D eigenvalue weighted by Gasteiger charge is -2.36. The molecular weight excluding hydrogens is 250 g/mol. The molecule has 3 heteroatoms. The largest absolute Gasteiger partial charge is 0.497 e. The summed E-state index contributed by atoms with van der Waals surface area (Å²) < 4.78 is 5.24. The van der Waals surface area contributed by atoms with Crippen LogP contribution in [0, 0.1) is 5.92 Å². The van der Waals surface area contributed by atoms with E-state index >= 15 is 0 Å². The fourth-order valence-electron chi connectivity index (χ4n) is 3.34. The van der Waals surface area contributed by atoms with E-state index in [9.17, 15) is 5.11 Å². The van der Waals surface area contributed by atoms with Gasteiger partial charge in [0.05, 0.1) is 13.2 Å². The molecule has 1 N–H and O–H groups in total. The average Bonchev–Trinajstić information content (AvgIpc) is 2.46. The third-order valence-electron chi connectivity index (χ3n) is 4.40. The zero-order chi connectivity index (χ0) is 14.5. The summed E-state index contributed by atoms with van der Waals surface area (Å²) in [6, 6.07) is 8.34. The molecule has 1 fully saturated rings. The van der Waals surface area contributed by atoms with Gasteiger partial charge in [0.1, 0.15) is 5.75 Å². The van der Waals surface area contributed by atoms with Gasteiger partial charge in [-0.15, -0.1) is 0 Å². The van der Waals surface area contributed by atoms with Gasteiger partial charge in [0.15, 0.2) is 0 Å². The minimum absolute atomic E-state index is 0.157. The molecule has 0 bridgehead atoms. The summed E-state index contributed by atoms with van der Waals surface area (Å²) in [6.45, 7) is 0.980. The molecule has 0 aliphatic heterocycles. The van der Waals surface area contributed by atoms with Gasteiger partial charge in [-0.3, -0.25) is 0 Å². The summed E-state index contributed by atoms with van der Waals surface area (Å²) in [6.07, 6.45) is 4.32. The molecule has 0 radical (unpaired) electrons. The highest BCUT2D eigenvalue weighted by atomic mass is 16.5. The molecule has 20 heavy (non-hydrogen) atoms. The van der Waals surface area contributed by atoms with Crippen molar-refractivity contribution < 1.29 is 9.84 Å². The monoisotopic (exact) mass is 277 g/mol. The summed E-state index contributed by atoms with van der Waals surface area (Å²) in [5.74, 6) is 1.66. The van der Waals surface area contributed by atoms with Gasteiger partial charge < -0.3 is 14.7 Å². The van der Waals surface area contributed by atoms with Crippen LogP contribution in [0.3, 0.4) is 0 Å². The molecule has 1 unspecified atom stereocenters. The zero-order valence-electron chi connectivity index (χ0n) is 12.9. The van der Waals surface area contributed by atoms with Gasteiger partial charge in [-0.25, -0.2) is 0 Å². The van der Waals surface area contributed by atoms with Crippen molar-refractivity contribution in [3.8, 4) is 5.75 Å². The van der Waals surface area contributed by atoms with Gasteiger partial charge >= 0.3 is 0 Å². The molecule has 3 nitrogen and oxygen atoms in total. The predicted molar refractivity (Wildman–Crippen MR) is 82.3 cm³/mol. The van der Waals surface area contributed by atoms with E-state index in [0.29, 0.717) is 11.8 Å². The Bertz CT molecular complexity index is 402. The van der Waals surface area contributed by atoms with E-state index in [2.05, 4.69) is 31.1 Å². The Morgan fingerprint density at radius 2 is 1.85 bits per heavy atom. The Morgan fingerprint density at radius 1 is 1.20 bits per heavy atom. The minimum Gasteiger partial charge on any atom is -0.497 e. The first kappa shape index (κ1) is 15.3.